The molecule has 5 rings (SSSR count). The number of carbonyl (C=O) groups is 4. The fraction of sp³-hybridized carbons (Fsp3) is 0.500. The molecule has 12 nitrogen and oxygen atoms in total. The fourth-order valence-electron chi connectivity index (χ4n) is 5.05. The molecule has 4 amide bonds. The number of nitrogens with one attached hydrogen (secondary N) is 4. The van der Waals surface area contributed by atoms with Crippen molar-refractivity contribution in [3.63, 3.8) is 0 Å². The second-order valence-electron chi connectivity index (χ2n) is 13.1. The Morgan fingerprint density at radius 2 is 0.604 bits per heavy atom. The summed E-state index contributed by atoms with van der Waals surface area (Å²) in [7, 11) is 0. The van der Waals surface area contributed by atoms with Gasteiger partial charge in [0.15, 0.2) is 0 Å². The molecule has 0 spiro atoms. The van der Waals surface area contributed by atoms with Crippen LogP contribution in [-0.2, 0) is 0 Å². The summed E-state index contributed by atoms with van der Waals surface area (Å²) in [5.74, 6) is -1.60. The standard InChI is InChI=1S/C32H40N8O4S4/c1-13(2)21-29-33-18(9-45-29)26(42)38-23(15(5)6)31-35-20(11-47-31)28(44)40-24(16(7)8)32-36-19(12-48-32)27(43)39-22(14(3)4)30-34-17(10-46-30)25(41)37-21/h9-16,21-24H,1-8H3,(H,37,41)(H,38,42)(H,39,43)(H,40,44)/t21-,22+,23+,24-. The van der Waals surface area contributed by atoms with E-state index in [1.165, 1.54) is 45.3 Å². The zero-order chi connectivity index (χ0) is 34.9. The number of fused-ring (bicyclic) bond motifs is 8. The van der Waals surface area contributed by atoms with Gasteiger partial charge in [0.25, 0.3) is 23.6 Å². The first-order valence-corrected chi connectivity index (χ1v) is 19.3. The summed E-state index contributed by atoms with van der Waals surface area (Å²) in [6.45, 7) is 15.7. The summed E-state index contributed by atoms with van der Waals surface area (Å²) in [6.07, 6.45) is 0. The van der Waals surface area contributed by atoms with E-state index in [4.69, 9.17) is 0 Å². The quantitative estimate of drug-likeness (QED) is 0.189. The number of carbonyl (C=O) groups excluding carboxylic acids is 4. The molecule has 5 heterocycles. The normalized spacial score (nSPS) is 21.2. The van der Waals surface area contributed by atoms with E-state index in [-0.39, 0.29) is 70.1 Å². The molecule has 0 aromatic carbocycles. The lowest BCUT2D eigenvalue weighted by Crippen LogP contribution is -2.34. The molecule has 0 unspecified atom stereocenters. The van der Waals surface area contributed by atoms with Crippen molar-refractivity contribution in [2.45, 2.75) is 79.6 Å². The van der Waals surface area contributed by atoms with Crippen LogP contribution < -0.4 is 21.3 Å². The maximum atomic E-state index is 13.5. The molecule has 0 saturated heterocycles. The third-order valence-electron chi connectivity index (χ3n) is 7.90. The van der Waals surface area contributed by atoms with Crippen LogP contribution in [0.4, 0.5) is 0 Å². The molecule has 1 aliphatic rings. The summed E-state index contributed by atoms with van der Waals surface area (Å²) in [5.41, 5.74) is 0.939. The van der Waals surface area contributed by atoms with Crippen LogP contribution in [-0.4, -0.2) is 43.6 Å². The van der Waals surface area contributed by atoms with Crippen molar-refractivity contribution >= 4 is 69.0 Å². The fourth-order valence-corrected chi connectivity index (χ4v) is 9.14. The van der Waals surface area contributed by atoms with Crippen LogP contribution in [0.3, 0.4) is 0 Å². The maximum absolute atomic E-state index is 13.5. The van der Waals surface area contributed by atoms with E-state index in [0.717, 1.165) is 0 Å². The summed E-state index contributed by atoms with van der Waals surface area (Å²) >= 11 is 5.19. The number of hydrogen-bond donors (Lipinski definition) is 4. The van der Waals surface area contributed by atoms with E-state index in [1.807, 2.05) is 55.4 Å². The van der Waals surface area contributed by atoms with E-state index in [2.05, 4.69) is 41.2 Å². The summed E-state index contributed by atoms with van der Waals surface area (Å²) in [4.78, 5) is 72.3. The number of nitrogens with zero attached hydrogens (tertiary/aromatic N) is 4. The monoisotopic (exact) mass is 728 g/mol. The van der Waals surface area contributed by atoms with Gasteiger partial charge in [-0.25, -0.2) is 19.9 Å². The Morgan fingerprint density at radius 3 is 0.771 bits per heavy atom. The van der Waals surface area contributed by atoms with Crippen molar-refractivity contribution in [1.82, 2.24) is 41.2 Å². The lowest BCUT2D eigenvalue weighted by atomic mass is 10.0. The van der Waals surface area contributed by atoms with Crippen molar-refractivity contribution < 1.29 is 19.2 Å². The molecule has 16 heteroatoms. The molecule has 4 aromatic heterocycles. The van der Waals surface area contributed by atoms with Gasteiger partial charge < -0.3 is 21.3 Å². The van der Waals surface area contributed by atoms with Crippen LogP contribution >= 0.6 is 45.3 Å². The van der Waals surface area contributed by atoms with Gasteiger partial charge >= 0.3 is 0 Å². The molecule has 48 heavy (non-hydrogen) atoms. The molecule has 0 radical (unpaired) electrons. The van der Waals surface area contributed by atoms with Crippen molar-refractivity contribution in [3.8, 4) is 0 Å². The first-order chi connectivity index (χ1) is 22.7. The molecule has 0 aliphatic carbocycles. The third-order valence-corrected chi connectivity index (χ3v) is 11.6. The summed E-state index contributed by atoms with van der Waals surface area (Å²) < 4.78 is 0. The highest BCUT2D eigenvalue weighted by molar-refractivity contribution is 7.10. The third kappa shape index (κ3) is 7.82. The molecule has 4 aromatic rings. The van der Waals surface area contributed by atoms with Gasteiger partial charge in [0.1, 0.15) is 42.8 Å². The van der Waals surface area contributed by atoms with Crippen molar-refractivity contribution in [2.24, 2.45) is 23.7 Å². The van der Waals surface area contributed by atoms with Gasteiger partial charge in [-0.3, -0.25) is 19.2 Å². The molecule has 4 atom stereocenters. The minimum atomic E-state index is -0.463. The smallest absolute Gasteiger partial charge is 0.271 e. The Bertz CT molecular complexity index is 1530. The Morgan fingerprint density at radius 1 is 0.417 bits per heavy atom. The molecule has 256 valence electrons. The predicted molar refractivity (Wildman–Crippen MR) is 189 cm³/mol. The Balaban J connectivity index is 1.53. The van der Waals surface area contributed by atoms with Crippen molar-refractivity contribution in [2.75, 3.05) is 0 Å². The number of amides is 4. The zero-order valence-electron chi connectivity index (χ0n) is 28.0. The van der Waals surface area contributed by atoms with Gasteiger partial charge in [0.05, 0.1) is 24.2 Å². The maximum Gasteiger partial charge on any atom is 0.271 e. The SMILES string of the molecule is CC(C)[C@@H]1NC(=O)c2csc(n2)[C@@H](C(C)C)NC(=O)c2csc(n2)[C@H](C(C)C)NC(=O)c2csc(n2)[C@@H](C(C)C)NC(=O)c2csc1n2. The minimum absolute atomic E-state index is 0.0306. The van der Waals surface area contributed by atoms with Crippen molar-refractivity contribution in [3.05, 3.63) is 64.3 Å². The largest absolute Gasteiger partial charge is 0.341 e. The van der Waals surface area contributed by atoms with E-state index in [1.54, 1.807) is 21.5 Å². The van der Waals surface area contributed by atoms with Crippen molar-refractivity contribution in [1.29, 1.82) is 0 Å². The van der Waals surface area contributed by atoms with Crippen LogP contribution in [0.5, 0.6) is 0 Å². The van der Waals surface area contributed by atoms with Gasteiger partial charge in [0.2, 0.25) is 0 Å². The lowest BCUT2D eigenvalue weighted by Gasteiger charge is -2.21. The zero-order valence-corrected chi connectivity index (χ0v) is 31.2. The number of hydrogen-bond acceptors (Lipinski definition) is 12. The minimum Gasteiger partial charge on any atom is -0.341 e. The van der Waals surface area contributed by atoms with E-state index in [0.29, 0.717) is 20.0 Å². The average molecular weight is 729 g/mol. The van der Waals surface area contributed by atoms with Gasteiger partial charge in [-0.1, -0.05) is 55.4 Å². The Labute approximate surface area is 295 Å². The Kier molecular flexibility index (Phi) is 11.1. The molecular weight excluding hydrogens is 689 g/mol. The van der Waals surface area contributed by atoms with Gasteiger partial charge in [0, 0.05) is 21.5 Å². The van der Waals surface area contributed by atoms with Crippen LogP contribution in [0.25, 0.3) is 0 Å². The highest BCUT2D eigenvalue weighted by Crippen LogP contribution is 2.31. The highest BCUT2D eigenvalue weighted by Gasteiger charge is 2.31. The molecule has 0 saturated carbocycles. The number of thiazole rings is 4. The number of aromatic nitrogens is 4. The van der Waals surface area contributed by atoms with Crippen LogP contribution in [0.15, 0.2) is 21.5 Å². The van der Waals surface area contributed by atoms with Gasteiger partial charge in [-0.15, -0.1) is 45.3 Å². The lowest BCUT2D eigenvalue weighted by molar-refractivity contribution is 0.0913. The number of rotatable bonds is 4. The highest BCUT2D eigenvalue weighted by atomic mass is 32.1. The van der Waals surface area contributed by atoms with Crippen LogP contribution in [0, 0.1) is 23.7 Å². The molecule has 0 fully saturated rings. The van der Waals surface area contributed by atoms with Gasteiger partial charge in [-0.05, 0) is 23.7 Å². The second kappa shape index (κ2) is 14.9. The topological polar surface area (TPSA) is 168 Å². The van der Waals surface area contributed by atoms with E-state index in [9.17, 15) is 19.2 Å². The van der Waals surface area contributed by atoms with E-state index >= 15 is 0 Å². The Hall–Kier alpha value is -3.60. The molecule has 8 bridgehead atoms. The van der Waals surface area contributed by atoms with Gasteiger partial charge in [-0.2, -0.15) is 0 Å². The second-order valence-corrected chi connectivity index (χ2v) is 16.6. The molecule has 1 aliphatic heterocycles. The van der Waals surface area contributed by atoms with Crippen LogP contribution in [0.2, 0.25) is 0 Å². The summed E-state index contributed by atoms with van der Waals surface area (Å²) in [5, 5.41) is 21.3. The first kappa shape index (κ1) is 35.7. The summed E-state index contributed by atoms with van der Waals surface area (Å²) in [6, 6.07) is -1.85. The van der Waals surface area contributed by atoms with Crippen LogP contribution in [0.1, 0.15) is 142 Å². The van der Waals surface area contributed by atoms with E-state index < -0.39 is 24.2 Å². The predicted octanol–water partition coefficient (Wildman–Crippen LogP) is 6.33. The average Bonchev–Trinajstić information content (AvgIpc) is 3.85. The first-order valence-electron chi connectivity index (χ1n) is 15.8. The molecule has 4 N–H and O–H groups in total. The molecular formula is C32H40N8O4S4.